The summed E-state index contributed by atoms with van der Waals surface area (Å²) in [6, 6.07) is 1.99. The molecule has 1 atom stereocenters. The quantitative estimate of drug-likeness (QED) is 0.670. The third kappa shape index (κ3) is 2.30. The minimum absolute atomic E-state index is 0.166. The van der Waals surface area contributed by atoms with E-state index in [2.05, 4.69) is 15.2 Å². The highest BCUT2D eigenvalue weighted by molar-refractivity contribution is 7.22. The number of hydrogen-bond donors (Lipinski definition) is 3. The van der Waals surface area contributed by atoms with E-state index in [0.29, 0.717) is 17.0 Å². The summed E-state index contributed by atoms with van der Waals surface area (Å²) in [5.41, 5.74) is 0.592. The van der Waals surface area contributed by atoms with Crippen molar-refractivity contribution in [3.8, 4) is 10.4 Å². The van der Waals surface area contributed by atoms with Crippen LogP contribution in [0.1, 0.15) is 38.4 Å². The third-order valence-electron chi connectivity index (χ3n) is 5.56. The zero-order valence-corrected chi connectivity index (χ0v) is 15.3. The van der Waals surface area contributed by atoms with Crippen molar-refractivity contribution in [1.29, 1.82) is 0 Å². The van der Waals surface area contributed by atoms with Crippen LogP contribution in [0, 0.1) is 5.41 Å². The lowest BCUT2D eigenvalue weighted by atomic mass is 9.69. The van der Waals surface area contributed by atoms with Gasteiger partial charge in [-0.25, -0.2) is 0 Å². The Morgan fingerprint density at radius 2 is 2.28 bits per heavy atom. The molecular weight excluding hydrogens is 338 g/mol. The van der Waals surface area contributed by atoms with Crippen LogP contribution in [0.25, 0.3) is 20.5 Å². The smallest absolute Gasteiger partial charge is 0.266 e. The monoisotopic (exact) mass is 359 g/mol. The number of thiophene rings is 1. The highest BCUT2D eigenvalue weighted by Crippen LogP contribution is 2.46. The van der Waals surface area contributed by atoms with Gasteiger partial charge in [0.05, 0.1) is 25.1 Å². The molecule has 6 nitrogen and oxygen atoms in total. The molecule has 0 saturated heterocycles. The van der Waals surface area contributed by atoms with Gasteiger partial charge in [-0.05, 0) is 12.5 Å². The Labute approximate surface area is 148 Å². The number of pyridine rings is 1. The first-order valence-electron chi connectivity index (χ1n) is 8.36. The van der Waals surface area contributed by atoms with E-state index >= 15 is 0 Å². The second kappa shape index (κ2) is 5.52. The van der Waals surface area contributed by atoms with Gasteiger partial charge in [-0.2, -0.15) is 5.10 Å². The molecule has 7 heteroatoms. The van der Waals surface area contributed by atoms with Gasteiger partial charge in [0.2, 0.25) is 0 Å². The minimum Gasteiger partial charge on any atom is -0.381 e. The van der Waals surface area contributed by atoms with Gasteiger partial charge in [0.15, 0.2) is 0 Å². The summed E-state index contributed by atoms with van der Waals surface area (Å²) in [7, 11) is 0. The van der Waals surface area contributed by atoms with E-state index in [-0.39, 0.29) is 12.2 Å². The SMILES string of the molecule is CCC(C)(C)[C@]1(O)COCc2c1[nH]c(=O)c1sc(-c3cn[nH]c3)cc21. The Morgan fingerprint density at radius 3 is 2.96 bits per heavy atom. The molecule has 132 valence electrons. The van der Waals surface area contributed by atoms with Crippen molar-refractivity contribution in [2.24, 2.45) is 5.41 Å². The third-order valence-corrected chi connectivity index (χ3v) is 6.74. The summed E-state index contributed by atoms with van der Waals surface area (Å²) in [6.07, 6.45) is 4.30. The molecule has 0 aliphatic carbocycles. The Hall–Kier alpha value is -1.96. The molecule has 3 aromatic heterocycles. The lowest BCUT2D eigenvalue weighted by Crippen LogP contribution is -2.49. The van der Waals surface area contributed by atoms with Gasteiger partial charge < -0.3 is 14.8 Å². The van der Waals surface area contributed by atoms with Crippen LogP contribution in [-0.2, 0) is 16.9 Å². The van der Waals surface area contributed by atoms with E-state index < -0.39 is 11.0 Å². The lowest BCUT2D eigenvalue weighted by Gasteiger charge is -2.45. The van der Waals surface area contributed by atoms with Gasteiger partial charge in [-0.3, -0.25) is 9.89 Å². The van der Waals surface area contributed by atoms with Crippen LogP contribution in [-0.4, -0.2) is 26.9 Å². The van der Waals surface area contributed by atoms with Crippen LogP contribution < -0.4 is 5.56 Å². The number of fused-ring (bicyclic) bond motifs is 3. The Morgan fingerprint density at radius 1 is 1.48 bits per heavy atom. The maximum atomic E-state index is 12.7. The molecule has 4 heterocycles. The highest BCUT2D eigenvalue weighted by atomic mass is 32.1. The zero-order chi connectivity index (χ0) is 17.8. The van der Waals surface area contributed by atoms with Crippen LogP contribution in [0.5, 0.6) is 0 Å². The van der Waals surface area contributed by atoms with Crippen molar-refractivity contribution < 1.29 is 9.84 Å². The summed E-state index contributed by atoms with van der Waals surface area (Å²) in [4.78, 5) is 16.6. The molecule has 0 bridgehead atoms. The molecule has 1 aliphatic heterocycles. The fourth-order valence-electron chi connectivity index (χ4n) is 3.39. The standard InChI is InChI=1S/C18H21N3O3S/c1-4-17(2,3)18(23)9-24-8-12-11-5-13(10-6-19-20-7-10)25-14(11)16(22)21-15(12)18/h5-7,23H,4,8-9H2,1-3H3,(H,19,20)(H,21,22)/t18-/m0/s1. The summed E-state index contributed by atoms with van der Waals surface area (Å²) >= 11 is 1.43. The van der Waals surface area contributed by atoms with Gasteiger partial charge in [-0.15, -0.1) is 11.3 Å². The number of nitrogens with zero attached hydrogens (tertiary/aromatic N) is 1. The van der Waals surface area contributed by atoms with Crippen molar-refractivity contribution in [2.45, 2.75) is 39.4 Å². The van der Waals surface area contributed by atoms with Crippen molar-refractivity contribution in [2.75, 3.05) is 6.61 Å². The van der Waals surface area contributed by atoms with E-state index in [1.165, 1.54) is 11.3 Å². The summed E-state index contributed by atoms with van der Waals surface area (Å²) in [5, 5.41) is 19.0. The summed E-state index contributed by atoms with van der Waals surface area (Å²) < 4.78 is 6.41. The number of nitrogens with one attached hydrogen (secondary N) is 2. The average Bonchev–Trinajstić information content (AvgIpc) is 3.25. The second-order valence-corrected chi connectivity index (χ2v) is 8.29. The number of rotatable bonds is 3. The highest BCUT2D eigenvalue weighted by Gasteiger charge is 2.48. The maximum absolute atomic E-state index is 12.7. The van der Waals surface area contributed by atoms with Crippen molar-refractivity contribution in [3.05, 3.63) is 40.1 Å². The number of aromatic amines is 2. The predicted molar refractivity (Wildman–Crippen MR) is 97.7 cm³/mol. The topological polar surface area (TPSA) is 91.0 Å². The Kier molecular flexibility index (Phi) is 3.64. The van der Waals surface area contributed by atoms with Crippen LogP contribution >= 0.6 is 11.3 Å². The van der Waals surface area contributed by atoms with Crippen LogP contribution in [0.3, 0.4) is 0 Å². The van der Waals surface area contributed by atoms with Gasteiger partial charge in [0.25, 0.3) is 5.56 Å². The molecule has 0 unspecified atom stereocenters. The number of ether oxygens (including phenoxy) is 1. The van der Waals surface area contributed by atoms with Crippen molar-refractivity contribution >= 4 is 21.4 Å². The van der Waals surface area contributed by atoms with E-state index in [1.807, 2.05) is 26.8 Å². The van der Waals surface area contributed by atoms with Crippen LogP contribution in [0.4, 0.5) is 0 Å². The predicted octanol–water partition coefficient (Wildman–Crippen LogP) is 3.13. The molecular formula is C18H21N3O3S. The second-order valence-electron chi connectivity index (χ2n) is 7.24. The summed E-state index contributed by atoms with van der Waals surface area (Å²) in [5.74, 6) is 0. The largest absolute Gasteiger partial charge is 0.381 e. The zero-order valence-electron chi connectivity index (χ0n) is 14.5. The first-order valence-corrected chi connectivity index (χ1v) is 9.17. The lowest BCUT2D eigenvalue weighted by molar-refractivity contribution is -0.147. The van der Waals surface area contributed by atoms with E-state index in [4.69, 9.17) is 4.74 Å². The van der Waals surface area contributed by atoms with Crippen molar-refractivity contribution in [3.63, 3.8) is 0 Å². The number of H-pyrrole nitrogens is 2. The first-order chi connectivity index (χ1) is 11.9. The molecule has 3 aromatic rings. The molecule has 4 rings (SSSR count). The maximum Gasteiger partial charge on any atom is 0.266 e. The number of aromatic nitrogens is 3. The number of hydrogen-bond acceptors (Lipinski definition) is 5. The van der Waals surface area contributed by atoms with Crippen LogP contribution in [0.2, 0.25) is 0 Å². The fourth-order valence-corrected chi connectivity index (χ4v) is 4.46. The molecule has 25 heavy (non-hydrogen) atoms. The van der Waals surface area contributed by atoms with E-state index in [1.54, 1.807) is 12.4 Å². The minimum atomic E-state index is -1.22. The molecule has 0 saturated carbocycles. The van der Waals surface area contributed by atoms with E-state index in [9.17, 15) is 9.90 Å². The van der Waals surface area contributed by atoms with Gasteiger partial charge in [-0.1, -0.05) is 20.8 Å². The molecule has 0 aromatic carbocycles. The molecule has 0 spiro atoms. The van der Waals surface area contributed by atoms with E-state index in [0.717, 1.165) is 27.8 Å². The molecule has 0 radical (unpaired) electrons. The van der Waals surface area contributed by atoms with Crippen LogP contribution in [0.15, 0.2) is 23.3 Å². The molecule has 3 N–H and O–H groups in total. The molecule has 0 fully saturated rings. The first kappa shape index (κ1) is 16.5. The van der Waals surface area contributed by atoms with Gasteiger partial charge in [0, 0.05) is 33.0 Å². The number of aliphatic hydroxyl groups is 1. The Balaban J connectivity index is 1.99. The van der Waals surface area contributed by atoms with Gasteiger partial charge in [0.1, 0.15) is 10.3 Å². The normalized spacial score (nSPS) is 20.8. The molecule has 1 aliphatic rings. The van der Waals surface area contributed by atoms with Crippen molar-refractivity contribution in [1.82, 2.24) is 15.2 Å². The Bertz CT molecular complexity index is 987. The van der Waals surface area contributed by atoms with Gasteiger partial charge >= 0.3 is 0 Å². The molecule has 0 amide bonds. The summed E-state index contributed by atoms with van der Waals surface area (Å²) in [6.45, 7) is 6.59. The average molecular weight is 359 g/mol. The fraction of sp³-hybridized carbons (Fsp3) is 0.444.